The molecule has 0 saturated heterocycles. The van der Waals surface area contributed by atoms with Gasteiger partial charge in [0, 0.05) is 5.69 Å². The second-order valence-corrected chi connectivity index (χ2v) is 5.54. The molecule has 0 radical (unpaired) electrons. The van der Waals surface area contributed by atoms with Crippen LogP contribution < -0.4 is 5.32 Å². The Labute approximate surface area is 125 Å². The minimum Gasteiger partial charge on any atom is -0.479 e. The maximum Gasteiger partial charge on any atom is 0.330 e. The fraction of sp³-hybridized carbons (Fsp3) is 0.278. The molecule has 1 unspecified atom stereocenters. The molecule has 2 aromatic carbocycles. The molecule has 0 bridgehead atoms. The molecular formula is C18H21NO2. The summed E-state index contributed by atoms with van der Waals surface area (Å²) in [4.78, 5) is 11.7. The lowest BCUT2D eigenvalue weighted by atomic mass is 9.93. The van der Waals surface area contributed by atoms with Crippen molar-refractivity contribution in [2.45, 2.75) is 33.7 Å². The van der Waals surface area contributed by atoms with Crippen LogP contribution in [0.15, 0.2) is 36.4 Å². The van der Waals surface area contributed by atoms with Crippen LogP contribution in [0.4, 0.5) is 5.69 Å². The van der Waals surface area contributed by atoms with Gasteiger partial charge in [-0.3, -0.25) is 0 Å². The Balaban J connectivity index is 2.46. The lowest BCUT2D eigenvalue weighted by molar-refractivity contribution is -0.138. The van der Waals surface area contributed by atoms with Crippen molar-refractivity contribution in [2.75, 3.05) is 5.32 Å². The molecule has 2 aromatic rings. The van der Waals surface area contributed by atoms with E-state index < -0.39 is 12.0 Å². The van der Waals surface area contributed by atoms with Gasteiger partial charge >= 0.3 is 5.97 Å². The molecule has 21 heavy (non-hydrogen) atoms. The molecule has 3 nitrogen and oxygen atoms in total. The summed E-state index contributed by atoms with van der Waals surface area (Å²) in [7, 11) is 0. The van der Waals surface area contributed by atoms with Crippen LogP contribution in [0.1, 0.15) is 33.9 Å². The van der Waals surface area contributed by atoms with E-state index in [2.05, 4.69) is 5.32 Å². The lowest BCUT2D eigenvalue weighted by Gasteiger charge is -2.22. The first-order chi connectivity index (χ1) is 9.90. The normalized spacial score (nSPS) is 12.0. The summed E-state index contributed by atoms with van der Waals surface area (Å²) in [6.45, 7) is 7.92. The predicted molar refractivity (Wildman–Crippen MR) is 85.8 cm³/mol. The highest BCUT2D eigenvalue weighted by Crippen LogP contribution is 2.28. The van der Waals surface area contributed by atoms with Crippen LogP contribution in [0.3, 0.4) is 0 Å². The van der Waals surface area contributed by atoms with Gasteiger partial charge in [0.15, 0.2) is 6.04 Å². The third-order valence-electron chi connectivity index (χ3n) is 3.72. The number of para-hydroxylation sites is 1. The number of hydrogen-bond donors (Lipinski definition) is 2. The van der Waals surface area contributed by atoms with E-state index in [0.717, 1.165) is 33.5 Å². The van der Waals surface area contributed by atoms with Crippen LogP contribution in [0.25, 0.3) is 0 Å². The number of carbonyl (C=O) groups is 1. The summed E-state index contributed by atoms with van der Waals surface area (Å²) in [5, 5.41) is 12.8. The summed E-state index contributed by atoms with van der Waals surface area (Å²) in [5.74, 6) is -0.867. The highest BCUT2D eigenvalue weighted by molar-refractivity contribution is 5.81. The van der Waals surface area contributed by atoms with E-state index in [1.807, 2.05) is 64.1 Å². The standard InChI is InChI=1S/C18H21NO2/c1-11-9-13(3)16(14(4)10-11)17(18(20)21)19-15-8-6-5-7-12(15)2/h5-10,17,19H,1-4H3,(H,20,21). The molecule has 3 heteroatoms. The Kier molecular flexibility index (Phi) is 4.32. The van der Waals surface area contributed by atoms with Gasteiger partial charge < -0.3 is 10.4 Å². The molecule has 0 aliphatic heterocycles. The van der Waals surface area contributed by atoms with E-state index >= 15 is 0 Å². The summed E-state index contributed by atoms with van der Waals surface area (Å²) < 4.78 is 0. The summed E-state index contributed by atoms with van der Waals surface area (Å²) in [5.41, 5.74) is 5.88. The first-order valence-electron chi connectivity index (χ1n) is 7.03. The number of anilines is 1. The van der Waals surface area contributed by atoms with E-state index in [1.54, 1.807) is 0 Å². The Bertz CT molecular complexity index is 654. The van der Waals surface area contributed by atoms with E-state index in [-0.39, 0.29) is 0 Å². The van der Waals surface area contributed by atoms with Crippen molar-refractivity contribution < 1.29 is 9.90 Å². The van der Waals surface area contributed by atoms with E-state index in [1.165, 1.54) is 0 Å². The quantitative estimate of drug-likeness (QED) is 0.886. The summed E-state index contributed by atoms with van der Waals surface area (Å²) in [6, 6.07) is 11.0. The monoisotopic (exact) mass is 283 g/mol. The minimum atomic E-state index is -0.867. The lowest BCUT2D eigenvalue weighted by Crippen LogP contribution is -2.23. The Morgan fingerprint density at radius 2 is 1.57 bits per heavy atom. The molecule has 110 valence electrons. The van der Waals surface area contributed by atoms with E-state index in [0.29, 0.717) is 0 Å². The van der Waals surface area contributed by atoms with Gasteiger partial charge in [0.25, 0.3) is 0 Å². The largest absolute Gasteiger partial charge is 0.479 e. The van der Waals surface area contributed by atoms with Crippen molar-refractivity contribution in [3.8, 4) is 0 Å². The van der Waals surface area contributed by atoms with Crippen molar-refractivity contribution in [1.82, 2.24) is 0 Å². The van der Waals surface area contributed by atoms with Crippen LogP contribution in [-0.4, -0.2) is 11.1 Å². The molecule has 0 amide bonds. The molecule has 0 fully saturated rings. The van der Waals surface area contributed by atoms with Crippen molar-refractivity contribution >= 4 is 11.7 Å². The molecular weight excluding hydrogens is 262 g/mol. The van der Waals surface area contributed by atoms with Crippen molar-refractivity contribution in [2.24, 2.45) is 0 Å². The first-order valence-corrected chi connectivity index (χ1v) is 7.03. The average molecular weight is 283 g/mol. The molecule has 0 aliphatic rings. The fourth-order valence-corrected chi connectivity index (χ4v) is 2.79. The van der Waals surface area contributed by atoms with Gasteiger partial charge in [0.05, 0.1) is 0 Å². The van der Waals surface area contributed by atoms with Crippen molar-refractivity contribution in [3.05, 3.63) is 64.2 Å². The van der Waals surface area contributed by atoms with Gasteiger partial charge in [-0.2, -0.15) is 0 Å². The van der Waals surface area contributed by atoms with Crippen LogP contribution in [0, 0.1) is 27.7 Å². The third-order valence-corrected chi connectivity index (χ3v) is 3.72. The Morgan fingerprint density at radius 3 is 2.10 bits per heavy atom. The van der Waals surface area contributed by atoms with Crippen molar-refractivity contribution in [3.63, 3.8) is 0 Å². The van der Waals surface area contributed by atoms with Crippen molar-refractivity contribution in [1.29, 1.82) is 0 Å². The molecule has 2 rings (SSSR count). The minimum absolute atomic E-state index is 0.744. The van der Waals surface area contributed by atoms with Gasteiger partial charge in [-0.05, 0) is 56.0 Å². The zero-order chi connectivity index (χ0) is 15.6. The highest BCUT2D eigenvalue weighted by atomic mass is 16.4. The number of carboxylic acids is 1. The number of aliphatic carboxylic acids is 1. The van der Waals surface area contributed by atoms with E-state index in [9.17, 15) is 9.90 Å². The second-order valence-electron chi connectivity index (χ2n) is 5.54. The van der Waals surface area contributed by atoms with Gasteiger partial charge in [-0.1, -0.05) is 35.9 Å². The molecule has 0 heterocycles. The number of carboxylic acid groups (broad SMARTS) is 1. The highest BCUT2D eigenvalue weighted by Gasteiger charge is 2.24. The molecule has 2 N–H and O–H groups in total. The number of rotatable bonds is 4. The fourth-order valence-electron chi connectivity index (χ4n) is 2.79. The van der Waals surface area contributed by atoms with Crippen LogP contribution in [-0.2, 0) is 4.79 Å². The number of benzene rings is 2. The maximum atomic E-state index is 11.7. The van der Waals surface area contributed by atoms with Crippen LogP contribution >= 0.6 is 0 Å². The molecule has 0 aromatic heterocycles. The van der Waals surface area contributed by atoms with Gasteiger partial charge in [0.1, 0.15) is 0 Å². The molecule has 0 aliphatic carbocycles. The molecule has 0 saturated carbocycles. The first kappa shape index (κ1) is 15.1. The van der Waals surface area contributed by atoms with Crippen LogP contribution in [0.5, 0.6) is 0 Å². The topological polar surface area (TPSA) is 49.3 Å². The number of nitrogens with one attached hydrogen (secondary N) is 1. The Morgan fingerprint density at radius 1 is 1.00 bits per heavy atom. The zero-order valence-electron chi connectivity index (χ0n) is 12.9. The third kappa shape index (κ3) is 3.24. The molecule has 1 atom stereocenters. The zero-order valence-corrected chi connectivity index (χ0v) is 12.9. The summed E-state index contributed by atoms with van der Waals surface area (Å²) in [6.07, 6.45) is 0. The average Bonchev–Trinajstić information content (AvgIpc) is 2.38. The van der Waals surface area contributed by atoms with Gasteiger partial charge in [0.2, 0.25) is 0 Å². The van der Waals surface area contributed by atoms with Crippen LogP contribution in [0.2, 0.25) is 0 Å². The summed E-state index contributed by atoms with van der Waals surface area (Å²) >= 11 is 0. The Hall–Kier alpha value is -2.29. The SMILES string of the molecule is Cc1cc(C)c(C(Nc2ccccc2C)C(=O)O)c(C)c1. The van der Waals surface area contributed by atoms with E-state index in [4.69, 9.17) is 0 Å². The second kappa shape index (κ2) is 6.00. The maximum absolute atomic E-state index is 11.7. The van der Waals surface area contributed by atoms with Gasteiger partial charge in [-0.15, -0.1) is 0 Å². The smallest absolute Gasteiger partial charge is 0.330 e. The number of hydrogen-bond acceptors (Lipinski definition) is 2. The number of aryl methyl sites for hydroxylation is 4. The predicted octanol–water partition coefficient (Wildman–Crippen LogP) is 4.16. The van der Waals surface area contributed by atoms with Gasteiger partial charge in [-0.25, -0.2) is 4.79 Å². The molecule has 0 spiro atoms.